The van der Waals surface area contributed by atoms with E-state index in [1.807, 2.05) is 12.4 Å². The second kappa shape index (κ2) is 5.14. The second-order valence-corrected chi connectivity index (χ2v) is 5.50. The molecule has 0 radical (unpaired) electrons. The van der Waals surface area contributed by atoms with E-state index in [0.717, 1.165) is 12.6 Å². The average molecular weight is 252 g/mol. The van der Waals surface area contributed by atoms with Gasteiger partial charge in [-0.2, -0.15) is 0 Å². The van der Waals surface area contributed by atoms with Crippen molar-refractivity contribution in [2.45, 2.75) is 39.3 Å². The molecule has 0 saturated heterocycles. The molecule has 1 aromatic heterocycles. The summed E-state index contributed by atoms with van der Waals surface area (Å²) in [6.07, 6.45) is 6.48. The predicted octanol–water partition coefficient (Wildman–Crippen LogP) is 3.62. The number of pyridine rings is 1. The molecule has 2 aromatic rings. The van der Waals surface area contributed by atoms with Gasteiger partial charge in [0, 0.05) is 25.0 Å². The lowest BCUT2D eigenvalue weighted by molar-refractivity contribution is 0.688. The molecule has 19 heavy (non-hydrogen) atoms. The zero-order chi connectivity index (χ0) is 13.2. The molecule has 1 aliphatic rings. The molecule has 98 valence electrons. The fourth-order valence-corrected chi connectivity index (χ4v) is 2.39. The van der Waals surface area contributed by atoms with Crippen LogP contribution in [0.15, 0.2) is 36.7 Å². The molecule has 0 bridgehead atoms. The lowest BCUT2D eigenvalue weighted by atomic mass is 9.96. The van der Waals surface area contributed by atoms with Crippen LogP contribution in [0.3, 0.4) is 0 Å². The predicted molar refractivity (Wildman–Crippen MR) is 79.0 cm³/mol. The van der Waals surface area contributed by atoms with E-state index in [9.17, 15) is 0 Å². The molecule has 0 atom stereocenters. The summed E-state index contributed by atoms with van der Waals surface area (Å²) in [5.41, 5.74) is 6.54. The fraction of sp³-hybridized carbons (Fsp3) is 0.353. The number of nitrogens with one attached hydrogen (secondary N) is 1. The Morgan fingerprint density at radius 3 is 2.68 bits per heavy atom. The summed E-state index contributed by atoms with van der Waals surface area (Å²) in [6.45, 7) is 5.27. The molecule has 1 N–H and O–H groups in total. The Kier molecular flexibility index (Phi) is 3.34. The van der Waals surface area contributed by atoms with Gasteiger partial charge < -0.3 is 5.32 Å². The quantitative estimate of drug-likeness (QED) is 0.899. The van der Waals surface area contributed by atoms with E-state index in [2.05, 4.69) is 48.4 Å². The van der Waals surface area contributed by atoms with Crippen molar-refractivity contribution in [3.05, 3.63) is 53.3 Å². The van der Waals surface area contributed by atoms with Crippen LogP contribution >= 0.6 is 0 Å². The van der Waals surface area contributed by atoms with E-state index in [-0.39, 0.29) is 0 Å². The molecule has 0 spiro atoms. The van der Waals surface area contributed by atoms with Crippen molar-refractivity contribution in [2.75, 3.05) is 0 Å². The largest absolute Gasteiger partial charge is 0.310 e. The van der Waals surface area contributed by atoms with E-state index < -0.39 is 0 Å². The Morgan fingerprint density at radius 1 is 1.11 bits per heavy atom. The molecule has 0 aliphatic heterocycles. The van der Waals surface area contributed by atoms with Crippen molar-refractivity contribution in [3.8, 4) is 11.1 Å². The molecule has 1 heterocycles. The topological polar surface area (TPSA) is 24.9 Å². The van der Waals surface area contributed by atoms with Crippen molar-refractivity contribution in [1.29, 1.82) is 0 Å². The van der Waals surface area contributed by atoms with Crippen molar-refractivity contribution >= 4 is 0 Å². The van der Waals surface area contributed by atoms with Gasteiger partial charge in [-0.25, -0.2) is 0 Å². The monoisotopic (exact) mass is 252 g/mol. The Bertz CT molecular complexity index is 586. The number of rotatable bonds is 4. The highest BCUT2D eigenvalue weighted by Crippen LogP contribution is 2.27. The van der Waals surface area contributed by atoms with E-state index in [1.54, 1.807) is 0 Å². The van der Waals surface area contributed by atoms with Gasteiger partial charge in [0.25, 0.3) is 0 Å². The molecule has 3 rings (SSSR count). The lowest BCUT2D eigenvalue weighted by Gasteiger charge is -2.11. The summed E-state index contributed by atoms with van der Waals surface area (Å²) in [7, 11) is 0. The number of nitrogens with zero attached hydrogens (tertiary/aromatic N) is 1. The van der Waals surface area contributed by atoms with Crippen molar-refractivity contribution < 1.29 is 0 Å². The first kappa shape index (κ1) is 12.4. The van der Waals surface area contributed by atoms with Crippen LogP contribution in [0.5, 0.6) is 0 Å². The van der Waals surface area contributed by atoms with Crippen molar-refractivity contribution in [3.63, 3.8) is 0 Å². The Labute approximate surface area is 114 Å². The van der Waals surface area contributed by atoms with E-state index >= 15 is 0 Å². The molecule has 1 saturated carbocycles. The summed E-state index contributed by atoms with van der Waals surface area (Å²) in [4.78, 5) is 4.18. The molecule has 0 amide bonds. The van der Waals surface area contributed by atoms with Crippen LogP contribution < -0.4 is 5.32 Å². The van der Waals surface area contributed by atoms with Crippen LogP contribution in [0.1, 0.15) is 29.5 Å². The second-order valence-electron chi connectivity index (χ2n) is 5.50. The van der Waals surface area contributed by atoms with Gasteiger partial charge in [-0.3, -0.25) is 4.98 Å². The normalized spacial score (nSPS) is 14.6. The van der Waals surface area contributed by atoms with Gasteiger partial charge in [-0.1, -0.05) is 12.1 Å². The van der Waals surface area contributed by atoms with Gasteiger partial charge in [0.05, 0.1) is 0 Å². The highest BCUT2D eigenvalue weighted by atomic mass is 14.9. The number of aromatic nitrogens is 1. The summed E-state index contributed by atoms with van der Waals surface area (Å²) < 4.78 is 0. The maximum absolute atomic E-state index is 4.18. The zero-order valence-corrected chi connectivity index (χ0v) is 11.6. The van der Waals surface area contributed by atoms with Crippen LogP contribution in [0, 0.1) is 13.8 Å². The van der Waals surface area contributed by atoms with Crippen LogP contribution in [0.2, 0.25) is 0 Å². The molecule has 1 fully saturated rings. The van der Waals surface area contributed by atoms with Gasteiger partial charge in [0.1, 0.15) is 0 Å². The van der Waals surface area contributed by atoms with Crippen molar-refractivity contribution in [2.24, 2.45) is 0 Å². The average Bonchev–Trinajstić information content (AvgIpc) is 3.23. The van der Waals surface area contributed by atoms with Crippen LogP contribution in [0.4, 0.5) is 0 Å². The molecular formula is C17H20N2. The zero-order valence-electron chi connectivity index (χ0n) is 11.6. The van der Waals surface area contributed by atoms with Crippen LogP contribution in [-0.2, 0) is 6.54 Å². The first-order valence-electron chi connectivity index (χ1n) is 6.98. The number of hydrogen-bond acceptors (Lipinski definition) is 2. The van der Waals surface area contributed by atoms with E-state index in [1.165, 1.54) is 40.7 Å². The van der Waals surface area contributed by atoms with E-state index in [4.69, 9.17) is 0 Å². The van der Waals surface area contributed by atoms with Gasteiger partial charge in [-0.05, 0) is 66.6 Å². The molecule has 2 nitrogen and oxygen atoms in total. The minimum Gasteiger partial charge on any atom is -0.310 e. The SMILES string of the molecule is Cc1cnccc1-c1cc(CNC2CC2)ccc1C. The third-order valence-corrected chi connectivity index (χ3v) is 3.78. The first-order chi connectivity index (χ1) is 9.24. The number of benzene rings is 1. The fourth-order valence-electron chi connectivity index (χ4n) is 2.39. The smallest absolute Gasteiger partial charge is 0.0303 e. The van der Waals surface area contributed by atoms with Crippen molar-refractivity contribution in [1.82, 2.24) is 10.3 Å². The summed E-state index contributed by atoms with van der Waals surface area (Å²) in [5, 5.41) is 3.57. The van der Waals surface area contributed by atoms with Gasteiger partial charge in [0.2, 0.25) is 0 Å². The van der Waals surface area contributed by atoms with Gasteiger partial charge in [-0.15, -0.1) is 0 Å². The Morgan fingerprint density at radius 2 is 1.95 bits per heavy atom. The third kappa shape index (κ3) is 2.85. The van der Waals surface area contributed by atoms with Gasteiger partial charge >= 0.3 is 0 Å². The Balaban J connectivity index is 1.90. The Hall–Kier alpha value is -1.67. The third-order valence-electron chi connectivity index (χ3n) is 3.78. The number of hydrogen-bond donors (Lipinski definition) is 1. The summed E-state index contributed by atoms with van der Waals surface area (Å²) in [6, 6.07) is 9.62. The summed E-state index contributed by atoms with van der Waals surface area (Å²) in [5.74, 6) is 0. The maximum Gasteiger partial charge on any atom is 0.0303 e. The van der Waals surface area contributed by atoms with E-state index in [0.29, 0.717) is 0 Å². The maximum atomic E-state index is 4.18. The van der Waals surface area contributed by atoms with Crippen LogP contribution in [-0.4, -0.2) is 11.0 Å². The summed E-state index contributed by atoms with van der Waals surface area (Å²) >= 11 is 0. The van der Waals surface area contributed by atoms with Gasteiger partial charge in [0.15, 0.2) is 0 Å². The molecular weight excluding hydrogens is 232 g/mol. The minimum absolute atomic E-state index is 0.757. The highest BCUT2D eigenvalue weighted by molar-refractivity contribution is 5.70. The minimum atomic E-state index is 0.757. The lowest BCUT2D eigenvalue weighted by Crippen LogP contribution is -2.15. The number of aryl methyl sites for hydroxylation is 2. The first-order valence-corrected chi connectivity index (χ1v) is 6.98. The molecule has 2 heteroatoms. The molecule has 1 aliphatic carbocycles. The molecule has 1 aromatic carbocycles. The molecule has 0 unspecified atom stereocenters. The highest BCUT2D eigenvalue weighted by Gasteiger charge is 2.20. The van der Waals surface area contributed by atoms with Crippen LogP contribution in [0.25, 0.3) is 11.1 Å². The standard InChI is InChI=1S/C17H20N2/c1-12-3-4-14(11-19-15-5-6-15)9-17(12)16-7-8-18-10-13(16)2/h3-4,7-10,15,19H,5-6,11H2,1-2H3.